The molecule has 6 aliphatic carbocycles. The van der Waals surface area contributed by atoms with Gasteiger partial charge in [0.25, 0.3) is 0 Å². The Morgan fingerprint density at radius 3 is 2.27 bits per heavy atom. The highest BCUT2D eigenvalue weighted by molar-refractivity contribution is 5.76. The van der Waals surface area contributed by atoms with Crippen molar-refractivity contribution in [3.63, 3.8) is 0 Å². The monoisotopic (exact) mass is 552 g/mol. The van der Waals surface area contributed by atoms with Gasteiger partial charge in [-0.1, -0.05) is 72.5 Å². The van der Waals surface area contributed by atoms with Crippen LogP contribution >= 0.6 is 0 Å². The largest absolute Gasteiger partial charge is 0.465 e. The Balaban J connectivity index is 1.28. The first-order valence-electron chi connectivity index (χ1n) is 17.3. The molecule has 0 aliphatic heterocycles. The molecule has 6 aliphatic rings. The molecule has 0 heterocycles. The summed E-state index contributed by atoms with van der Waals surface area (Å²) >= 11 is 0. The van der Waals surface area contributed by atoms with Crippen molar-refractivity contribution in [2.45, 2.75) is 151 Å². The van der Waals surface area contributed by atoms with E-state index in [1.807, 2.05) is 0 Å². The number of hydrogen-bond donors (Lipinski definition) is 1. The minimum absolute atomic E-state index is 0.00641. The first kappa shape index (κ1) is 29.3. The molecule has 1 N–H and O–H groups in total. The molecule has 0 radical (unpaired) electrons. The molecular weight excluding hydrogens is 492 g/mol. The van der Waals surface area contributed by atoms with Crippen molar-refractivity contribution < 1.29 is 14.6 Å². The van der Waals surface area contributed by atoms with Gasteiger partial charge in [-0.3, -0.25) is 4.79 Å². The lowest BCUT2D eigenvalue weighted by atomic mass is 9.33. The van der Waals surface area contributed by atoms with Crippen molar-refractivity contribution in [1.29, 1.82) is 0 Å². The topological polar surface area (TPSA) is 46.5 Å². The molecule has 0 aromatic heterocycles. The molecule has 3 heteroatoms. The van der Waals surface area contributed by atoms with E-state index in [2.05, 4.69) is 54.5 Å². The molecule has 7 unspecified atom stereocenters. The van der Waals surface area contributed by atoms with E-state index in [9.17, 15) is 9.90 Å². The van der Waals surface area contributed by atoms with Gasteiger partial charge in [-0.15, -0.1) is 0 Å². The molecule has 9 atom stereocenters. The van der Waals surface area contributed by atoms with Crippen LogP contribution in [0.15, 0.2) is 11.6 Å². The molecule has 0 spiro atoms. The fourth-order valence-corrected chi connectivity index (χ4v) is 12.2. The highest BCUT2D eigenvalue weighted by atomic mass is 16.5. The maximum atomic E-state index is 13.7. The lowest BCUT2D eigenvalue weighted by Crippen LogP contribution is -2.64. The first-order valence-corrected chi connectivity index (χ1v) is 17.3. The number of carbonyl (C=O) groups excluding carboxylic acids is 1. The molecule has 0 aromatic carbocycles. The van der Waals surface area contributed by atoms with E-state index in [1.54, 1.807) is 5.57 Å². The number of ether oxygens (including phenoxy) is 1. The zero-order valence-corrected chi connectivity index (χ0v) is 27.0. The third-order valence-electron chi connectivity index (χ3n) is 15.5. The summed E-state index contributed by atoms with van der Waals surface area (Å²) in [5.41, 5.74) is 2.40. The van der Waals surface area contributed by atoms with Crippen LogP contribution in [0.4, 0.5) is 0 Å². The van der Waals surface area contributed by atoms with Gasteiger partial charge >= 0.3 is 5.97 Å². The smallest absolute Gasteiger partial charge is 0.311 e. The van der Waals surface area contributed by atoms with Crippen LogP contribution in [0.25, 0.3) is 0 Å². The standard InChI is InChI=1S/C37H60O3/c1-32(2)28-15-18-37(7)29(35(28,5)17-16-30(32)38)14-13-26-27-23-34(4,20-19-33(27,3)21-22-36(26,37)6)31(39)40-24-25-11-9-8-10-12-25/h13,25,27-30,38H,8-12,14-24H2,1-7H3/t27?,28?,29?,30?,33?,34-,35?,36+,37?/m0/s1. The maximum Gasteiger partial charge on any atom is 0.311 e. The highest BCUT2D eigenvalue weighted by Gasteiger charge is 2.68. The third kappa shape index (κ3) is 4.08. The van der Waals surface area contributed by atoms with Crippen LogP contribution in [0, 0.1) is 56.2 Å². The second kappa shape index (κ2) is 9.59. The van der Waals surface area contributed by atoms with Gasteiger partial charge in [0.05, 0.1) is 18.1 Å². The van der Waals surface area contributed by atoms with Crippen molar-refractivity contribution in [3.05, 3.63) is 11.6 Å². The molecule has 226 valence electrons. The number of carbonyl (C=O) groups is 1. The summed E-state index contributed by atoms with van der Waals surface area (Å²) in [7, 11) is 0. The molecule has 0 aromatic rings. The molecule has 40 heavy (non-hydrogen) atoms. The van der Waals surface area contributed by atoms with E-state index >= 15 is 0 Å². The van der Waals surface area contributed by atoms with Gasteiger partial charge in [0.2, 0.25) is 0 Å². The van der Waals surface area contributed by atoms with Crippen LogP contribution in [0.3, 0.4) is 0 Å². The first-order chi connectivity index (χ1) is 18.7. The van der Waals surface area contributed by atoms with Crippen molar-refractivity contribution in [2.75, 3.05) is 6.61 Å². The lowest BCUT2D eigenvalue weighted by Gasteiger charge is -2.71. The van der Waals surface area contributed by atoms with Gasteiger partial charge in [0.15, 0.2) is 0 Å². The Labute approximate surface area is 245 Å². The fourth-order valence-electron chi connectivity index (χ4n) is 12.2. The summed E-state index contributed by atoms with van der Waals surface area (Å²) in [6, 6.07) is 0. The Bertz CT molecular complexity index is 1040. The average molecular weight is 553 g/mol. The fraction of sp³-hybridized carbons (Fsp3) is 0.919. The maximum absolute atomic E-state index is 13.7. The number of aliphatic hydroxyl groups is 1. The lowest BCUT2D eigenvalue weighted by molar-refractivity contribution is -0.203. The molecule has 0 saturated heterocycles. The van der Waals surface area contributed by atoms with Crippen LogP contribution in [0.5, 0.6) is 0 Å². The number of aliphatic hydroxyl groups excluding tert-OH is 1. The summed E-state index contributed by atoms with van der Waals surface area (Å²) in [6.45, 7) is 18.0. The SMILES string of the molecule is CC12CC[C@](C)(C(=O)OCC3CCCCC3)CC1C1=CCC3C4(C)CCC(O)C(C)(C)C4CCC3(C)[C@]1(C)CC2. The van der Waals surface area contributed by atoms with Crippen molar-refractivity contribution in [1.82, 2.24) is 0 Å². The van der Waals surface area contributed by atoms with E-state index in [-0.39, 0.29) is 39.1 Å². The quantitative estimate of drug-likeness (QED) is 0.280. The van der Waals surface area contributed by atoms with E-state index in [0.717, 1.165) is 32.1 Å². The summed E-state index contributed by atoms with van der Waals surface area (Å²) in [5, 5.41) is 11.0. The van der Waals surface area contributed by atoms with Crippen LogP contribution in [-0.2, 0) is 9.53 Å². The van der Waals surface area contributed by atoms with Crippen LogP contribution in [0.2, 0.25) is 0 Å². The molecular formula is C37H60O3. The molecule has 3 nitrogen and oxygen atoms in total. The number of rotatable bonds is 3. The zero-order valence-electron chi connectivity index (χ0n) is 27.0. The zero-order chi connectivity index (χ0) is 28.8. The molecule has 5 saturated carbocycles. The molecule has 0 amide bonds. The number of hydrogen-bond acceptors (Lipinski definition) is 3. The summed E-state index contributed by atoms with van der Waals surface area (Å²) < 4.78 is 6.13. The average Bonchev–Trinajstić information content (AvgIpc) is 2.91. The Kier molecular flexibility index (Phi) is 7.01. The van der Waals surface area contributed by atoms with Gasteiger partial charge in [-0.05, 0) is 135 Å². The van der Waals surface area contributed by atoms with Crippen LogP contribution in [-0.4, -0.2) is 23.8 Å². The minimum Gasteiger partial charge on any atom is -0.465 e. The van der Waals surface area contributed by atoms with E-state index in [1.165, 1.54) is 64.2 Å². The molecule has 6 rings (SSSR count). The minimum atomic E-state index is -0.358. The van der Waals surface area contributed by atoms with Gasteiger partial charge in [-0.2, -0.15) is 0 Å². The predicted molar refractivity (Wildman–Crippen MR) is 163 cm³/mol. The molecule has 0 bridgehead atoms. The Morgan fingerprint density at radius 2 is 1.55 bits per heavy atom. The normalized spacial score (nSPS) is 50.5. The third-order valence-corrected chi connectivity index (χ3v) is 15.5. The second-order valence-corrected chi connectivity index (χ2v) is 17.7. The van der Waals surface area contributed by atoms with Crippen molar-refractivity contribution in [3.8, 4) is 0 Å². The summed E-state index contributed by atoms with van der Waals surface area (Å²) in [6.07, 6.45) is 20.4. The van der Waals surface area contributed by atoms with Gasteiger partial charge in [0.1, 0.15) is 0 Å². The van der Waals surface area contributed by atoms with E-state index < -0.39 is 0 Å². The Hall–Kier alpha value is -0.830. The van der Waals surface area contributed by atoms with Crippen molar-refractivity contribution in [2.24, 2.45) is 56.2 Å². The highest BCUT2D eigenvalue weighted by Crippen LogP contribution is 2.75. The molecule has 5 fully saturated rings. The Morgan fingerprint density at radius 1 is 0.850 bits per heavy atom. The van der Waals surface area contributed by atoms with Gasteiger partial charge < -0.3 is 9.84 Å². The summed E-state index contributed by atoms with van der Waals surface area (Å²) in [5.74, 6) is 2.41. The van der Waals surface area contributed by atoms with Crippen molar-refractivity contribution >= 4 is 5.97 Å². The number of allylic oxidation sites excluding steroid dienone is 2. The number of fused-ring (bicyclic) bond motifs is 7. The van der Waals surface area contributed by atoms with E-state index in [0.29, 0.717) is 35.7 Å². The van der Waals surface area contributed by atoms with Crippen LogP contribution in [0.1, 0.15) is 145 Å². The van der Waals surface area contributed by atoms with Gasteiger partial charge in [0, 0.05) is 0 Å². The summed E-state index contributed by atoms with van der Waals surface area (Å²) in [4.78, 5) is 13.7. The van der Waals surface area contributed by atoms with Gasteiger partial charge in [-0.25, -0.2) is 0 Å². The predicted octanol–water partition coefficient (Wildman–Crippen LogP) is 9.27. The number of esters is 1. The second-order valence-electron chi connectivity index (χ2n) is 17.7. The van der Waals surface area contributed by atoms with Crippen LogP contribution < -0.4 is 0 Å². The van der Waals surface area contributed by atoms with E-state index in [4.69, 9.17) is 4.74 Å².